The molecule has 2 rings (SSSR count). The summed E-state index contributed by atoms with van der Waals surface area (Å²) in [7, 11) is 0. The topological polar surface area (TPSA) is 83.5 Å². The van der Waals surface area contributed by atoms with E-state index in [-0.39, 0.29) is 18.1 Å². The summed E-state index contributed by atoms with van der Waals surface area (Å²) in [5.74, 6) is 0.709. The smallest absolute Gasteiger partial charge is 0.319 e. The Bertz CT molecular complexity index is 710. The number of carbonyl (C=O) groups is 1. The molecular weight excluding hydrogens is 354 g/mol. The summed E-state index contributed by atoms with van der Waals surface area (Å²) in [6, 6.07) is 10.3. The monoisotopic (exact) mass is 377 g/mol. The van der Waals surface area contributed by atoms with Crippen molar-refractivity contribution in [3.05, 3.63) is 53.3 Å². The molecule has 1 aromatic carbocycles. The summed E-state index contributed by atoms with van der Waals surface area (Å²) >= 11 is 6.22. The Hall–Kier alpha value is -2.31. The lowest BCUT2D eigenvalue weighted by Crippen LogP contribution is -2.33. The number of rotatable bonds is 8. The number of anilines is 1. The van der Waals surface area contributed by atoms with E-state index in [9.17, 15) is 9.90 Å². The molecule has 140 valence electrons. The highest BCUT2D eigenvalue weighted by molar-refractivity contribution is 6.32. The van der Waals surface area contributed by atoms with Crippen LogP contribution in [-0.2, 0) is 6.61 Å². The van der Waals surface area contributed by atoms with Crippen molar-refractivity contribution in [3.8, 4) is 5.75 Å². The molecule has 0 aliphatic heterocycles. The molecule has 2 amide bonds. The van der Waals surface area contributed by atoms with Crippen LogP contribution in [0.5, 0.6) is 5.75 Å². The molecule has 0 fully saturated rings. The quantitative estimate of drug-likeness (QED) is 0.652. The second-order valence-corrected chi connectivity index (χ2v) is 6.69. The third-order valence-corrected chi connectivity index (χ3v) is 3.94. The molecule has 6 nitrogen and oxygen atoms in total. The van der Waals surface area contributed by atoms with Gasteiger partial charge in [-0.3, -0.25) is 4.98 Å². The standard InChI is InChI=1S/C19H24ClN3O3/c1-13(9-14(2)24)11-22-19(25)23-15-6-7-18(17(20)10-15)26-12-16-5-3-4-8-21-16/h3-8,10,13-14,24H,9,11-12H2,1-2H3,(H2,22,23,25). The number of halogens is 1. The molecule has 2 aromatic rings. The van der Waals surface area contributed by atoms with E-state index in [1.54, 1.807) is 31.3 Å². The molecule has 0 bridgehead atoms. The number of hydrogen-bond acceptors (Lipinski definition) is 4. The summed E-state index contributed by atoms with van der Waals surface area (Å²) in [4.78, 5) is 16.1. The van der Waals surface area contributed by atoms with Gasteiger partial charge in [-0.15, -0.1) is 0 Å². The minimum Gasteiger partial charge on any atom is -0.486 e. The number of aliphatic hydroxyl groups is 1. The number of carbonyl (C=O) groups excluding carboxylic acids is 1. The van der Waals surface area contributed by atoms with E-state index in [2.05, 4.69) is 15.6 Å². The van der Waals surface area contributed by atoms with E-state index >= 15 is 0 Å². The summed E-state index contributed by atoms with van der Waals surface area (Å²) in [5.41, 5.74) is 1.37. The van der Waals surface area contributed by atoms with Crippen molar-refractivity contribution in [2.24, 2.45) is 5.92 Å². The zero-order valence-electron chi connectivity index (χ0n) is 14.9. The second-order valence-electron chi connectivity index (χ2n) is 6.28. The Morgan fingerprint density at radius 2 is 2.12 bits per heavy atom. The molecule has 0 aliphatic carbocycles. The lowest BCUT2D eigenvalue weighted by molar-refractivity contribution is 0.163. The van der Waals surface area contributed by atoms with Crippen LogP contribution in [0.25, 0.3) is 0 Å². The van der Waals surface area contributed by atoms with Crippen molar-refractivity contribution < 1.29 is 14.6 Å². The van der Waals surface area contributed by atoms with Crippen molar-refractivity contribution in [2.75, 3.05) is 11.9 Å². The van der Waals surface area contributed by atoms with E-state index in [1.165, 1.54) is 0 Å². The van der Waals surface area contributed by atoms with Crippen molar-refractivity contribution in [1.29, 1.82) is 0 Å². The van der Waals surface area contributed by atoms with E-state index in [4.69, 9.17) is 16.3 Å². The molecule has 0 radical (unpaired) electrons. The molecule has 2 atom stereocenters. The van der Waals surface area contributed by atoms with Gasteiger partial charge < -0.3 is 20.5 Å². The van der Waals surface area contributed by atoms with Gasteiger partial charge in [0.25, 0.3) is 0 Å². The summed E-state index contributed by atoms with van der Waals surface area (Å²) < 4.78 is 5.65. The first kappa shape index (κ1) is 20.0. The van der Waals surface area contributed by atoms with Gasteiger partial charge in [0, 0.05) is 18.4 Å². The fourth-order valence-electron chi connectivity index (χ4n) is 2.44. The molecule has 0 saturated heterocycles. The zero-order chi connectivity index (χ0) is 18.9. The average Bonchev–Trinajstić information content (AvgIpc) is 2.59. The molecule has 0 aliphatic rings. The van der Waals surface area contributed by atoms with Crippen LogP contribution in [0.15, 0.2) is 42.6 Å². The average molecular weight is 378 g/mol. The third-order valence-electron chi connectivity index (χ3n) is 3.65. The number of nitrogens with zero attached hydrogens (tertiary/aromatic N) is 1. The fraction of sp³-hybridized carbons (Fsp3) is 0.368. The number of nitrogens with one attached hydrogen (secondary N) is 2. The Labute approximate surface area is 158 Å². The van der Waals surface area contributed by atoms with Crippen molar-refractivity contribution in [2.45, 2.75) is 33.0 Å². The van der Waals surface area contributed by atoms with E-state index in [1.807, 2.05) is 25.1 Å². The predicted octanol–water partition coefficient (Wildman–Crippen LogP) is 3.84. The summed E-state index contributed by atoms with van der Waals surface area (Å²) in [6.45, 7) is 4.50. The van der Waals surface area contributed by atoms with Crippen LogP contribution < -0.4 is 15.4 Å². The van der Waals surface area contributed by atoms with Crippen LogP contribution in [0.2, 0.25) is 5.02 Å². The minimum atomic E-state index is -0.382. The number of aromatic nitrogens is 1. The van der Waals surface area contributed by atoms with Gasteiger partial charge >= 0.3 is 6.03 Å². The van der Waals surface area contributed by atoms with Crippen LogP contribution in [0.4, 0.5) is 10.5 Å². The van der Waals surface area contributed by atoms with E-state index in [0.717, 1.165) is 5.69 Å². The number of hydrogen-bond donors (Lipinski definition) is 3. The number of ether oxygens (including phenoxy) is 1. The number of urea groups is 1. The molecule has 26 heavy (non-hydrogen) atoms. The number of pyridine rings is 1. The lowest BCUT2D eigenvalue weighted by Gasteiger charge is -2.15. The second kappa shape index (κ2) is 9.99. The number of benzene rings is 1. The summed E-state index contributed by atoms with van der Waals surface area (Å²) in [5, 5.41) is 15.2. The van der Waals surface area contributed by atoms with Gasteiger partial charge in [-0.1, -0.05) is 24.6 Å². The van der Waals surface area contributed by atoms with Gasteiger partial charge in [0.05, 0.1) is 16.8 Å². The highest BCUT2D eigenvalue weighted by Gasteiger charge is 2.10. The Balaban J connectivity index is 1.83. The highest BCUT2D eigenvalue weighted by Crippen LogP contribution is 2.28. The maximum atomic E-state index is 11.9. The molecular formula is C19H24ClN3O3. The Kier molecular flexibility index (Phi) is 7.69. The third kappa shape index (κ3) is 6.90. The Morgan fingerprint density at radius 1 is 1.31 bits per heavy atom. The zero-order valence-corrected chi connectivity index (χ0v) is 15.7. The van der Waals surface area contributed by atoms with Crippen LogP contribution in [-0.4, -0.2) is 28.8 Å². The lowest BCUT2D eigenvalue weighted by atomic mass is 10.1. The van der Waals surface area contributed by atoms with Crippen molar-refractivity contribution in [1.82, 2.24) is 10.3 Å². The Morgan fingerprint density at radius 3 is 2.77 bits per heavy atom. The van der Waals surface area contributed by atoms with Crippen molar-refractivity contribution in [3.63, 3.8) is 0 Å². The first-order valence-electron chi connectivity index (χ1n) is 8.49. The van der Waals surface area contributed by atoms with Crippen LogP contribution in [0.1, 0.15) is 26.0 Å². The van der Waals surface area contributed by atoms with Gasteiger partial charge in [0.15, 0.2) is 0 Å². The van der Waals surface area contributed by atoms with Gasteiger partial charge in [0.1, 0.15) is 12.4 Å². The fourth-order valence-corrected chi connectivity index (χ4v) is 2.67. The highest BCUT2D eigenvalue weighted by atomic mass is 35.5. The number of aliphatic hydroxyl groups excluding tert-OH is 1. The van der Waals surface area contributed by atoms with Gasteiger partial charge in [-0.2, -0.15) is 0 Å². The maximum absolute atomic E-state index is 11.9. The first-order valence-corrected chi connectivity index (χ1v) is 8.87. The molecule has 7 heteroatoms. The van der Waals surface area contributed by atoms with Gasteiger partial charge in [-0.25, -0.2) is 4.79 Å². The molecule has 1 heterocycles. The van der Waals surface area contributed by atoms with Crippen LogP contribution >= 0.6 is 11.6 Å². The molecule has 3 N–H and O–H groups in total. The number of amides is 2. The molecule has 0 saturated carbocycles. The molecule has 2 unspecified atom stereocenters. The van der Waals surface area contributed by atoms with E-state index in [0.29, 0.717) is 36.0 Å². The maximum Gasteiger partial charge on any atom is 0.319 e. The summed E-state index contributed by atoms with van der Waals surface area (Å²) in [6.07, 6.45) is 1.95. The normalized spacial score (nSPS) is 12.9. The predicted molar refractivity (Wildman–Crippen MR) is 103 cm³/mol. The van der Waals surface area contributed by atoms with Crippen LogP contribution in [0.3, 0.4) is 0 Å². The van der Waals surface area contributed by atoms with Gasteiger partial charge in [0.2, 0.25) is 0 Å². The largest absolute Gasteiger partial charge is 0.486 e. The minimum absolute atomic E-state index is 0.187. The molecule has 1 aromatic heterocycles. The van der Waals surface area contributed by atoms with E-state index < -0.39 is 0 Å². The molecule has 0 spiro atoms. The van der Waals surface area contributed by atoms with Gasteiger partial charge in [-0.05, 0) is 49.6 Å². The first-order chi connectivity index (χ1) is 12.4. The SMILES string of the molecule is CC(O)CC(C)CNC(=O)Nc1ccc(OCc2ccccn2)c(Cl)c1. The van der Waals surface area contributed by atoms with Crippen molar-refractivity contribution >= 4 is 23.3 Å². The van der Waals surface area contributed by atoms with Crippen LogP contribution in [0, 0.1) is 5.92 Å².